The van der Waals surface area contributed by atoms with Gasteiger partial charge in [-0.3, -0.25) is 9.78 Å². The van der Waals surface area contributed by atoms with E-state index in [0.29, 0.717) is 12.4 Å². The first-order valence-corrected chi connectivity index (χ1v) is 7.87. The molecule has 1 aliphatic heterocycles. The Labute approximate surface area is 135 Å². The number of aryl methyl sites for hydroxylation is 1. The standard InChI is InChI=1S/C17H21N5O/c1-11-12(2)20-16(14-7-3-4-8-19-14)21-17(11)22-9-5-6-13(10-22)15(18)23/h3-4,7-8,13H,5-6,9-10H2,1-2H3,(H2,18,23). The van der Waals surface area contributed by atoms with Crippen molar-refractivity contribution in [2.24, 2.45) is 11.7 Å². The molecule has 3 rings (SSSR count). The highest BCUT2D eigenvalue weighted by molar-refractivity contribution is 5.77. The van der Waals surface area contributed by atoms with Gasteiger partial charge >= 0.3 is 0 Å². The highest BCUT2D eigenvalue weighted by Gasteiger charge is 2.26. The first kappa shape index (κ1) is 15.4. The topological polar surface area (TPSA) is 85.0 Å². The summed E-state index contributed by atoms with van der Waals surface area (Å²) in [4.78, 5) is 27.3. The first-order chi connectivity index (χ1) is 11.1. The van der Waals surface area contributed by atoms with E-state index in [1.807, 2.05) is 32.0 Å². The maximum atomic E-state index is 11.5. The summed E-state index contributed by atoms with van der Waals surface area (Å²) in [6.07, 6.45) is 3.52. The van der Waals surface area contributed by atoms with Gasteiger partial charge in [0.25, 0.3) is 0 Å². The lowest BCUT2D eigenvalue weighted by Crippen LogP contribution is -2.42. The van der Waals surface area contributed by atoms with Crippen molar-refractivity contribution in [2.75, 3.05) is 18.0 Å². The number of carbonyl (C=O) groups excluding carboxylic acids is 1. The van der Waals surface area contributed by atoms with Gasteiger partial charge in [0.2, 0.25) is 5.91 Å². The summed E-state index contributed by atoms with van der Waals surface area (Å²) in [7, 11) is 0. The van der Waals surface area contributed by atoms with E-state index in [1.54, 1.807) is 6.20 Å². The highest BCUT2D eigenvalue weighted by Crippen LogP contribution is 2.27. The number of rotatable bonds is 3. The Bertz CT molecular complexity index is 716. The van der Waals surface area contributed by atoms with Crippen LogP contribution < -0.4 is 10.6 Å². The molecule has 1 aliphatic rings. The van der Waals surface area contributed by atoms with Crippen LogP contribution in [0.2, 0.25) is 0 Å². The molecular formula is C17H21N5O. The minimum atomic E-state index is -0.233. The Balaban J connectivity index is 1.98. The predicted molar refractivity (Wildman–Crippen MR) is 88.9 cm³/mol. The summed E-state index contributed by atoms with van der Waals surface area (Å²) in [6.45, 7) is 5.49. The Morgan fingerprint density at radius 1 is 1.30 bits per heavy atom. The molecule has 0 bridgehead atoms. The average Bonchev–Trinajstić information content (AvgIpc) is 2.58. The van der Waals surface area contributed by atoms with Gasteiger partial charge in [-0.15, -0.1) is 0 Å². The minimum absolute atomic E-state index is 0.114. The molecule has 120 valence electrons. The third-order valence-electron chi connectivity index (χ3n) is 4.38. The Kier molecular flexibility index (Phi) is 4.23. The molecule has 2 aromatic heterocycles. The summed E-state index contributed by atoms with van der Waals surface area (Å²) >= 11 is 0. The molecule has 1 atom stereocenters. The second kappa shape index (κ2) is 6.32. The number of hydrogen-bond donors (Lipinski definition) is 1. The zero-order valence-electron chi connectivity index (χ0n) is 13.5. The van der Waals surface area contributed by atoms with E-state index in [9.17, 15) is 4.79 Å². The number of carbonyl (C=O) groups is 1. The first-order valence-electron chi connectivity index (χ1n) is 7.87. The Morgan fingerprint density at radius 3 is 2.83 bits per heavy atom. The van der Waals surface area contributed by atoms with Gasteiger partial charge < -0.3 is 10.6 Å². The van der Waals surface area contributed by atoms with Gasteiger partial charge in [-0.1, -0.05) is 6.07 Å². The monoisotopic (exact) mass is 311 g/mol. The fourth-order valence-electron chi connectivity index (χ4n) is 2.93. The van der Waals surface area contributed by atoms with Crippen molar-refractivity contribution in [3.8, 4) is 11.5 Å². The predicted octanol–water partition coefficient (Wildman–Crippen LogP) is 1.86. The smallest absolute Gasteiger partial charge is 0.222 e. The van der Waals surface area contributed by atoms with Crippen LogP contribution in [-0.2, 0) is 4.79 Å². The van der Waals surface area contributed by atoms with E-state index >= 15 is 0 Å². The van der Waals surface area contributed by atoms with Crippen molar-refractivity contribution >= 4 is 11.7 Å². The van der Waals surface area contributed by atoms with E-state index in [4.69, 9.17) is 10.7 Å². The molecule has 0 spiro atoms. The lowest BCUT2D eigenvalue weighted by atomic mass is 9.97. The lowest BCUT2D eigenvalue weighted by molar-refractivity contribution is -0.122. The number of nitrogens with two attached hydrogens (primary N) is 1. The van der Waals surface area contributed by atoms with E-state index in [0.717, 1.165) is 42.2 Å². The molecule has 3 heterocycles. The Morgan fingerprint density at radius 2 is 2.13 bits per heavy atom. The van der Waals surface area contributed by atoms with Gasteiger partial charge in [0.05, 0.1) is 5.92 Å². The van der Waals surface area contributed by atoms with Gasteiger partial charge in [-0.05, 0) is 38.8 Å². The van der Waals surface area contributed by atoms with Gasteiger partial charge in [-0.2, -0.15) is 0 Å². The molecule has 6 heteroatoms. The quantitative estimate of drug-likeness (QED) is 0.935. The number of pyridine rings is 1. The van der Waals surface area contributed by atoms with Crippen molar-refractivity contribution in [3.63, 3.8) is 0 Å². The van der Waals surface area contributed by atoms with Crippen LogP contribution in [0.3, 0.4) is 0 Å². The number of piperidine rings is 1. The second-order valence-corrected chi connectivity index (χ2v) is 5.98. The molecule has 1 fully saturated rings. The molecule has 0 aliphatic carbocycles. The lowest BCUT2D eigenvalue weighted by Gasteiger charge is -2.33. The van der Waals surface area contributed by atoms with Crippen LogP contribution in [0.1, 0.15) is 24.1 Å². The fraction of sp³-hybridized carbons (Fsp3) is 0.412. The normalized spacial score (nSPS) is 18.0. The van der Waals surface area contributed by atoms with Crippen molar-refractivity contribution in [1.29, 1.82) is 0 Å². The molecule has 0 radical (unpaired) electrons. The van der Waals surface area contributed by atoms with Crippen LogP contribution in [0.5, 0.6) is 0 Å². The number of amides is 1. The zero-order chi connectivity index (χ0) is 16.4. The van der Waals surface area contributed by atoms with E-state index in [-0.39, 0.29) is 11.8 Å². The minimum Gasteiger partial charge on any atom is -0.369 e. The molecule has 0 saturated carbocycles. The van der Waals surface area contributed by atoms with Gasteiger partial charge in [-0.25, -0.2) is 9.97 Å². The molecule has 23 heavy (non-hydrogen) atoms. The van der Waals surface area contributed by atoms with E-state index in [2.05, 4.69) is 14.9 Å². The maximum absolute atomic E-state index is 11.5. The fourth-order valence-corrected chi connectivity index (χ4v) is 2.93. The molecule has 0 aromatic carbocycles. The molecule has 2 aromatic rings. The molecular weight excluding hydrogens is 290 g/mol. The SMILES string of the molecule is Cc1nc(-c2ccccn2)nc(N2CCCC(C(N)=O)C2)c1C. The van der Waals surface area contributed by atoms with Crippen molar-refractivity contribution in [3.05, 3.63) is 35.7 Å². The van der Waals surface area contributed by atoms with Crippen LogP contribution in [0.4, 0.5) is 5.82 Å². The van der Waals surface area contributed by atoms with Crippen LogP contribution in [0.15, 0.2) is 24.4 Å². The van der Waals surface area contributed by atoms with Crippen LogP contribution in [-0.4, -0.2) is 33.9 Å². The summed E-state index contributed by atoms with van der Waals surface area (Å²) < 4.78 is 0. The molecule has 1 saturated heterocycles. The van der Waals surface area contributed by atoms with Gasteiger partial charge in [0.1, 0.15) is 11.5 Å². The number of anilines is 1. The summed E-state index contributed by atoms with van der Waals surface area (Å²) in [5.41, 5.74) is 8.20. The second-order valence-electron chi connectivity index (χ2n) is 5.98. The van der Waals surface area contributed by atoms with E-state index in [1.165, 1.54) is 0 Å². The van der Waals surface area contributed by atoms with E-state index < -0.39 is 0 Å². The van der Waals surface area contributed by atoms with Crippen LogP contribution in [0.25, 0.3) is 11.5 Å². The van der Waals surface area contributed by atoms with Crippen molar-refractivity contribution < 1.29 is 4.79 Å². The van der Waals surface area contributed by atoms with Crippen LogP contribution in [0, 0.1) is 19.8 Å². The third-order valence-corrected chi connectivity index (χ3v) is 4.38. The average molecular weight is 311 g/mol. The van der Waals surface area contributed by atoms with Gasteiger partial charge in [0, 0.05) is 30.5 Å². The summed E-state index contributed by atoms with van der Waals surface area (Å²) in [6, 6.07) is 5.69. The molecule has 6 nitrogen and oxygen atoms in total. The molecule has 2 N–H and O–H groups in total. The third kappa shape index (κ3) is 3.16. The summed E-state index contributed by atoms with van der Waals surface area (Å²) in [5.74, 6) is 1.15. The number of nitrogens with zero attached hydrogens (tertiary/aromatic N) is 4. The number of aromatic nitrogens is 3. The molecule has 1 unspecified atom stereocenters. The van der Waals surface area contributed by atoms with Gasteiger partial charge in [0.15, 0.2) is 5.82 Å². The number of hydrogen-bond acceptors (Lipinski definition) is 5. The maximum Gasteiger partial charge on any atom is 0.222 e. The molecule has 1 amide bonds. The number of primary amides is 1. The highest BCUT2D eigenvalue weighted by atomic mass is 16.1. The largest absolute Gasteiger partial charge is 0.369 e. The van der Waals surface area contributed by atoms with Crippen molar-refractivity contribution in [2.45, 2.75) is 26.7 Å². The zero-order valence-corrected chi connectivity index (χ0v) is 13.5. The summed E-state index contributed by atoms with van der Waals surface area (Å²) in [5, 5.41) is 0. The Hall–Kier alpha value is -2.50. The van der Waals surface area contributed by atoms with Crippen molar-refractivity contribution in [1.82, 2.24) is 15.0 Å². The van der Waals surface area contributed by atoms with Crippen LogP contribution >= 0.6 is 0 Å².